The Kier molecular flexibility index (Phi) is 5.08. The number of nitrogens with zero attached hydrogens (tertiary/aromatic N) is 3. The Balaban J connectivity index is 1.67. The van der Waals surface area contributed by atoms with Gasteiger partial charge in [0.2, 0.25) is 5.91 Å². The van der Waals surface area contributed by atoms with Crippen LogP contribution in [0, 0.1) is 12.7 Å². The number of fused-ring (bicyclic) bond motifs is 1. The predicted molar refractivity (Wildman–Crippen MR) is 111 cm³/mol. The summed E-state index contributed by atoms with van der Waals surface area (Å²) in [5, 5.41) is 2.82. The summed E-state index contributed by atoms with van der Waals surface area (Å²) in [7, 11) is 0. The van der Waals surface area contributed by atoms with Crippen molar-refractivity contribution in [3.05, 3.63) is 78.0 Å². The lowest BCUT2D eigenvalue weighted by Gasteiger charge is -2.07. The lowest BCUT2D eigenvalue weighted by Crippen LogP contribution is -2.24. The fraction of sp³-hybridized carbons (Fsp3) is 0.174. The number of aromatic nitrogens is 3. The summed E-state index contributed by atoms with van der Waals surface area (Å²) in [4.78, 5) is 20.7. The normalized spacial score (nSPS) is 11.0. The van der Waals surface area contributed by atoms with Crippen LogP contribution >= 0.6 is 0 Å². The number of hydrogen-bond acceptors (Lipinski definition) is 3. The molecular formula is C23H21FN4O. The SMILES string of the molecule is CCNC(=O)Cc1cccc(-c2cnc3cc(-c4ccc(F)c(C)n4)ccn23)c1. The number of halogens is 1. The van der Waals surface area contributed by atoms with Crippen LogP contribution in [0.25, 0.3) is 28.2 Å². The molecule has 146 valence electrons. The highest BCUT2D eigenvalue weighted by atomic mass is 19.1. The first-order valence-corrected chi connectivity index (χ1v) is 9.52. The van der Waals surface area contributed by atoms with Gasteiger partial charge in [0.25, 0.3) is 0 Å². The fourth-order valence-electron chi connectivity index (χ4n) is 3.34. The van der Waals surface area contributed by atoms with Crippen molar-refractivity contribution >= 4 is 11.6 Å². The van der Waals surface area contributed by atoms with Gasteiger partial charge >= 0.3 is 0 Å². The van der Waals surface area contributed by atoms with Gasteiger partial charge in [-0.1, -0.05) is 18.2 Å². The Morgan fingerprint density at radius 3 is 2.79 bits per heavy atom. The molecule has 1 amide bonds. The Labute approximate surface area is 168 Å². The van der Waals surface area contributed by atoms with Crippen molar-refractivity contribution in [1.82, 2.24) is 19.7 Å². The zero-order chi connectivity index (χ0) is 20.4. The van der Waals surface area contributed by atoms with E-state index in [1.165, 1.54) is 6.07 Å². The largest absolute Gasteiger partial charge is 0.356 e. The molecule has 4 rings (SSSR count). The molecule has 0 saturated carbocycles. The summed E-state index contributed by atoms with van der Waals surface area (Å²) in [6.45, 7) is 4.18. The maximum absolute atomic E-state index is 13.5. The van der Waals surface area contributed by atoms with E-state index >= 15 is 0 Å². The first-order valence-electron chi connectivity index (χ1n) is 9.52. The number of carbonyl (C=O) groups excluding carboxylic acids is 1. The highest BCUT2D eigenvalue weighted by Gasteiger charge is 2.10. The van der Waals surface area contributed by atoms with E-state index in [2.05, 4.69) is 15.3 Å². The standard InChI is InChI=1S/C23H21FN4O/c1-3-25-23(29)12-16-5-4-6-18(11-16)21-14-26-22-13-17(9-10-28(21)22)20-8-7-19(24)15(2)27-20/h4-11,13-14H,3,12H2,1-2H3,(H,25,29). The van der Waals surface area contributed by atoms with Gasteiger partial charge in [-0.25, -0.2) is 9.37 Å². The summed E-state index contributed by atoms with van der Waals surface area (Å²) in [5.74, 6) is -0.306. The topological polar surface area (TPSA) is 59.3 Å². The molecule has 0 radical (unpaired) electrons. The molecule has 4 aromatic rings. The number of nitrogens with one attached hydrogen (secondary N) is 1. The summed E-state index contributed by atoms with van der Waals surface area (Å²) in [6.07, 6.45) is 4.09. The number of pyridine rings is 2. The molecule has 6 heteroatoms. The molecule has 0 aliphatic heterocycles. The van der Waals surface area contributed by atoms with Crippen molar-refractivity contribution in [3.63, 3.8) is 0 Å². The maximum Gasteiger partial charge on any atom is 0.224 e. The third-order valence-electron chi connectivity index (χ3n) is 4.79. The zero-order valence-corrected chi connectivity index (χ0v) is 16.3. The smallest absolute Gasteiger partial charge is 0.224 e. The summed E-state index contributed by atoms with van der Waals surface area (Å²) >= 11 is 0. The van der Waals surface area contributed by atoms with E-state index in [1.54, 1.807) is 13.0 Å². The van der Waals surface area contributed by atoms with Crippen LogP contribution in [-0.2, 0) is 11.2 Å². The maximum atomic E-state index is 13.5. The van der Waals surface area contributed by atoms with Gasteiger partial charge in [-0.15, -0.1) is 0 Å². The van der Waals surface area contributed by atoms with Crippen molar-refractivity contribution in [2.75, 3.05) is 6.54 Å². The van der Waals surface area contributed by atoms with Crippen LogP contribution in [0.2, 0.25) is 0 Å². The van der Waals surface area contributed by atoms with Crippen LogP contribution < -0.4 is 5.32 Å². The van der Waals surface area contributed by atoms with Crippen molar-refractivity contribution < 1.29 is 9.18 Å². The van der Waals surface area contributed by atoms with E-state index in [1.807, 2.05) is 60.1 Å². The van der Waals surface area contributed by atoms with Crippen LogP contribution in [-0.4, -0.2) is 26.8 Å². The molecule has 5 nitrogen and oxygen atoms in total. The highest BCUT2D eigenvalue weighted by molar-refractivity contribution is 5.79. The van der Waals surface area contributed by atoms with Crippen LogP contribution in [0.4, 0.5) is 4.39 Å². The Morgan fingerprint density at radius 2 is 2.00 bits per heavy atom. The number of amides is 1. The number of rotatable bonds is 5. The van der Waals surface area contributed by atoms with Gasteiger partial charge in [-0.05, 0) is 49.7 Å². The molecule has 0 saturated heterocycles. The van der Waals surface area contributed by atoms with Crippen LogP contribution in [0.1, 0.15) is 18.2 Å². The average molecular weight is 388 g/mol. The quantitative estimate of drug-likeness (QED) is 0.558. The van der Waals surface area contributed by atoms with E-state index < -0.39 is 0 Å². The van der Waals surface area contributed by atoms with E-state index in [4.69, 9.17) is 0 Å². The van der Waals surface area contributed by atoms with Gasteiger partial charge in [-0.3, -0.25) is 14.2 Å². The second-order valence-electron chi connectivity index (χ2n) is 6.88. The van der Waals surface area contributed by atoms with Gasteiger partial charge in [-0.2, -0.15) is 0 Å². The van der Waals surface area contributed by atoms with E-state index in [0.717, 1.165) is 28.0 Å². The van der Waals surface area contributed by atoms with Crippen LogP contribution in [0.15, 0.2) is 60.9 Å². The molecule has 0 bridgehead atoms. The monoisotopic (exact) mass is 388 g/mol. The minimum atomic E-state index is -0.314. The summed E-state index contributed by atoms with van der Waals surface area (Å²) < 4.78 is 15.5. The first kappa shape index (κ1) is 18.8. The molecule has 0 unspecified atom stereocenters. The van der Waals surface area contributed by atoms with Crippen LogP contribution in [0.3, 0.4) is 0 Å². The molecule has 0 aliphatic carbocycles. The Hall–Kier alpha value is -3.54. The molecular weight excluding hydrogens is 367 g/mol. The van der Waals surface area contributed by atoms with Gasteiger partial charge in [0.05, 0.1) is 29.7 Å². The van der Waals surface area contributed by atoms with Crippen molar-refractivity contribution in [3.8, 4) is 22.5 Å². The lowest BCUT2D eigenvalue weighted by atomic mass is 10.1. The molecule has 0 spiro atoms. The Bertz CT molecular complexity index is 1200. The number of aryl methyl sites for hydroxylation is 1. The summed E-state index contributed by atoms with van der Waals surface area (Å²) in [5.41, 5.74) is 5.61. The van der Waals surface area contributed by atoms with E-state index in [0.29, 0.717) is 24.4 Å². The average Bonchev–Trinajstić information content (AvgIpc) is 3.13. The molecule has 0 aliphatic rings. The second-order valence-corrected chi connectivity index (χ2v) is 6.88. The molecule has 1 aromatic carbocycles. The molecule has 3 heterocycles. The highest BCUT2D eigenvalue weighted by Crippen LogP contribution is 2.25. The van der Waals surface area contributed by atoms with Crippen molar-refractivity contribution in [1.29, 1.82) is 0 Å². The molecule has 0 fully saturated rings. The van der Waals surface area contributed by atoms with Crippen LogP contribution in [0.5, 0.6) is 0 Å². The number of benzene rings is 1. The van der Waals surface area contributed by atoms with Gasteiger partial charge < -0.3 is 5.32 Å². The molecule has 1 N–H and O–H groups in total. The van der Waals surface area contributed by atoms with Gasteiger partial charge in [0, 0.05) is 23.9 Å². The molecule has 0 atom stereocenters. The first-order chi connectivity index (χ1) is 14.0. The van der Waals surface area contributed by atoms with Gasteiger partial charge in [0.1, 0.15) is 11.5 Å². The third-order valence-corrected chi connectivity index (χ3v) is 4.79. The predicted octanol–water partition coefficient (Wildman–Crippen LogP) is 4.19. The van der Waals surface area contributed by atoms with E-state index in [-0.39, 0.29) is 11.7 Å². The number of hydrogen-bond donors (Lipinski definition) is 1. The minimum Gasteiger partial charge on any atom is -0.356 e. The molecule has 29 heavy (non-hydrogen) atoms. The Morgan fingerprint density at radius 1 is 1.14 bits per heavy atom. The van der Waals surface area contributed by atoms with Crippen molar-refractivity contribution in [2.24, 2.45) is 0 Å². The number of imidazole rings is 1. The van der Waals surface area contributed by atoms with Gasteiger partial charge in [0.15, 0.2) is 0 Å². The van der Waals surface area contributed by atoms with E-state index in [9.17, 15) is 9.18 Å². The summed E-state index contributed by atoms with van der Waals surface area (Å²) in [6, 6.07) is 14.9. The number of carbonyl (C=O) groups is 1. The molecule has 3 aromatic heterocycles. The minimum absolute atomic E-state index is 0.00882. The second kappa shape index (κ2) is 7.83. The van der Waals surface area contributed by atoms with Crippen molar-refractivity contribution in [2.45, 2.75) is 20.3 Å². The third kappa shape index (κ3) is 3.87. The lowest BCUT2D eigenvalue weighted by molar-refractivity contribution is -0.120. The fourth-order valence-corrected chi connectivity index (χ4v) is 3.34. The zero-order valence-electron chi connectivity index (χ0n) is 16.3. The number of likely N-dealkylation sites (N-methyl/N-ethyl adjacent to an activating group) is 1.